The quantitative estimate of drug-likeness (QED) is 0.312. The molecule has 0 aliphatic carbocycles. The number of halogens is 13. The van der Waals surface area contributed by atoms with Crippen molar-refractivity contribution in [2.75, 3.05) is 13.2 Å². The highest BCUT2D eigenvalue weighted by atomic mass is 19.4. The SMILES string of the molecule is O=C(N[C@@H]1CON(CC(F)(F)F)C1=O)c1ccc(/C(F)=C/C(c2cc(F)c(F)c(F)c2)C(F)(F)F)cc1C(F)(F)F. The molecule has 1 unspecified atom stereocenters. The van der Waals surface area contributed by atoms with Gasteiger partial charge < -0.3 is 5.32 Å². The first-order valence-electron chi connectivity index (χ1n) is 10.8. The molecule has 0 aromatic heterocycles. The summed E-state index contributed by atoms with van der Waals surface area (Å²) in [4.78, 5) is 28.9. The van der Waals surface area contributed by atoms with Gasteiger partial charge in [-0.3, -0.25) is 14.4 Å². The Morgan fingerprint density at radius 1 is 1.00 bits per heavy atom. The monoisotopic (exact) mass is 612 g/mol. The van der Waals surface area contributed by atoms with Crippen LogP contribution in [0, 0.1) is 17.5 Å². The number of alkyl halides is 9. The standard InChI is InChI=1S/C23H13F13N2O3/c24-14(6-12(22(31,32)33)10-4-15(25)18(27)16(26)5-10)9-1-2-11(13(3-9)23(34,35)36)19(39)37-17-7-41-38(20(17)40)8-21(28,29)30/h1-6,12,17H,7-8H2,(H,37,39)/b14-6-/t12?,17-/m1/s1. The van der Waals surface area contributed by atoms with Gasteiger partial charge in [0.1, 0.15) is 30.9 Å². The van der Waals surface area contributed by atoms with Crippen molar-refractivity contribution in [2.45, 2.75) is 30.5 Å². The van der Waals surface area contributed by atoms with Crippen LogP contribution in [0.1, 0.15) is 33.0 Å². The van der Waals surface area contributed by atoms with E-state index < -0.39 is 101 Å². The maximum Gasteiger partial charge on any atom is 0.417 e. The number of carbonyl (C=O) groups excluding carboxylic acids is 2. The summed E-state index contributed by atoms with van der Waals surface area (Å²) in [6.45, 7) is -2.76. The van der Waals surface area contributed by atoms with Gasteiger partial charge in [-0.1, -0.05) is 6.07 Å². The van der Waals surface area contributed by atoms with Crippen molar-refractivity contribution >= 4 is 17.6 Å². The number of hydrogen-bond acceptors (Lipinski definition) is 3. The zero-order valence-electron chi connectivity index (χ0n) is 19.6. The summed E-state index contributed by atoms with van der Waals surface area (Å²) in [7, 11) is 0. The van der Waals surface area contributed by atoms with Crippen molar-refractivity contribution in [2.24, 2.45) is 0 Å². The fourth-order valence-corrected chi connectivity index (χ4v) is 3.60. The van der Waals surface area contributed by atoms with Crippen LogP contribution in [0.2, 0.25) is 0 Å². The van der Waals surface area contributed by atoms with Gasteiger partial charge in [0.2, 0.25) is 0 Å². The maximum atomic E-state index is 14.8. The van der Waals surface area contributed by atoms with E-state index in [9.17, 15) is 66.7 Å². The topological polar surface area (TPSA) is 58.6 Å². The third kappa shape index (κ3) is 7.47. The first kappa shape index (κ1) is 31.7. The molecule has 18 heteroatoms. The second-order valence-electron chi connectivity index (χ2n) is 8.40. The Morgan fingerprint density at radius 2 is 1.59 bits per heavy atom. The van der Waals surface area contributed by atoms with Gasteiger partial charge in [-0.15, -0.1) is 0 Å². The van der Waals surface area contributed by atoms with E-state index in [1.165, 1.54) is 0 Å². The molecule has 0 bridgehead atoms. The fourth-order valence-electron chi connectivity index (χ4n) is 3.60. The molecule has 1 heterocycles. The van der Waals surface area contributed by atoms with Gasteiger partial charge in [0.25, 0.3) is 11.8 Å². The van der Waals surface area contributed by atoms with E-state index in [-0.39, 0.29) is 29.3 Å². The largest absolute Gasteiger partial charge is 0.417 e. The Morgan fingerprint density at radius 3 is 2.10 bits per heavy atom. The molecule has 0 saturated carbocycles. The molecule has 1 aliphatic heterocycles. The second-order valence-corrected chi connectivity index (χ2v) is 8.40. The molecule has 1 N–H and O–H groups in total. The Bertz CT molecular complexity index is 1340. The summed E-state index contributed by atoms with van der Waals surface area (Å²) in [5.41, 5.74) is -5.70. The zero-order valence-corrected chi connectivity index (χ0v) is 19.6. The molecule has 1 fully saturated rings. The van der Waals surface area contributed by atoms with Crippen molar-refractivity contribution in [3.63, 3.8) is 0 Å². The summed E-state index contributed by atoms with van der Waals surface area (Å²) in [6, 6.07) is -1.35. The van der Waals surface area contributed by atoms with Crippen LogP contribution in [-0.2, 0) is 15.8 Å². The van der Waals surface area contributed by atoms with Crippen LogP contribution in [0.25, 0.3) is 5.83 Å². The van der Waals surface area contributed by atoms with Crippen LogP contribution in [-0.4, -0.2) is 48.4 Å². The number of hydroxylamine groups is 2. The number of amides is 2. The normalized spacial score (nSPS) is 17.7. The van der Waals surface area contributed by atoms with Crippen LogP contribution in [0.3, 0.4) is 0 Å². The predicted octanol–water partition coefficient (Wildman–Crippen LogP) is 6.21. The zero-order chi connectivity index (χ0) is 31.1. The number of benzene rings is 2. The van der Waals surface area contributed by atoms with Crippen molar-refractivity contribution in [3.8, 4) is 0 Å². The number of hydrogen-bond donors (Lipinski definition) is 1. The van der Waals surface area contributed by atoms with E-state index in [0.29, 0.717) is 12.1 Å². The molecule has 41 heavy (non-hydrogen) atoms. The Kier molecular flexibility index (Phi) is 8.67. The van der Waals surface area contributed by atoms with Crippen LogP contribution >= 0.6 is 0 Å². The van der Waals surface area contributed by atoms with Crippen LogP contribution < -0.4 is 5.32 Å². The summed E-state index contributed by atoms with van der Waals surface area (Å²) in [6.07, 6.45) is -16.1. The average molecular weight is 612 g/mol. The van der Waals surface area contributed by atoms with Gasteiger partial charge in [-0.2, -0.15) is 39.5 Å². The minimum absolute atomic E-state index is 0.0804. The molecule has 1 saturated heterocycles. The number of nitrogens with one attached hydrogen (secondary N) is 1. The highest BCUT2D eigenvalue weighted by Crippen LogP contribution is 2.40. The Hall–Kier alpha value is -3.83. The molecule has 2 aromatic carbocycles. The molecule has 224 valence electrons. The molecule has 3 rings (SSSR count). The third-order valence-corrected chi connectivity index (χ3v) is 5.45. The molecular weight excluding hydrogens is 599 g/mol. The molecular formula is C23H13F13N2O3. The first-order valence-corrected chi connectivity index (χ1v) is 10.8. The molecule has 2 amide bonds. The molecule has 1 aliphatic rings. The van der Waals surface area contributed by atoms with E-state index >= 15 is 0 Å². The smallest absolute Gasteiger partial charge is 0.338 e. The van der Waals surface area contributed by atoms with Crippen LogP contribution in [0.5, 0.6) is 0 Å². The fraction of sp³-hybridized carbons (Fsp3) is 0.304. The van der Waals surface area contributed by atoms with Gasteiger partial charge in [-0.25, -0.2) is 22.6 Å². The predicted molar refractivity (Wildman–Crippen MR) is 111 cm³/mol. The maximum absolute atomic E-state index is 14.8. The lowest BCUT2D eigenvalue weighted by atomic mass is 9.95. The van der Waals surface area contributed by atoms with E-state index in [4.69, 9.17) is 0 Å². The van der Waals surface area contributed by atoms with Crippen molar-refractivity contribution < 1.29 is 71.5 Å². The van der Waals surface area contributed by atoms with Crippen molar-refractivity contribution in [1.82, 2.24) is 10.4 Å². The summed E-state index contributed by atoms with van der Waals surface area (Å²) < 4.78 is 174. The number of nitrogens with zero attached hydrogens (tertiary/aromatic N) is 1. The second kappa shape index (κ2) is 11.2. The Labute approximate surface area is 220 Å². The summed E-state index contributed by atoms with van der Waals surface area (Å²) in [5, 5.41) is 1.56. The van der Waals surface area contributed by atoms with Crippen molar-refractivity contribution in [3.05, 3.63) is 76.1 Å². The number of rotatable bonds is 6. The first-order chi connectivity index (χ1) is 18.7. The van der Waals surface area contributed by atoms with E-state index in [1.807, 2.05) is 0 Å². The van der Waals surface area contributed by atoms with Gasteiger partial charge in [-0.05, 0) is 35.9 Å². The van der Waals surface area contributed by atoms with Gasteiger partial charge in [0.05, 0.1) is 11.1 Å². The lowest BCUT2D eigenvalue weighted by Gasteiger charge is -2.19. The summed E-state index contributed by atoms with van der Waals surface area (Å²) >= 11 is 0. The minimum atomic E-state index is -5.46. The molecule has 2 aromatic rings. The van der Waals surface area contributed by atoms with Crippen LogP contribution in [0.4, 0.5) is 57.1 Å². The highest BCUT2D eigenvalue weighted by Gasteiger charge is 2.43. The molecule has 5 nitrogen and oxygen atoms in total. The van der Waals surface area contributed by atoms with E-state index in [2.05, 4.69) is 4.84 Å². The summed E-state index contributed by atoms with van der Waals surface area (Å²) in [5.74, 6) is -14.5. The van der Waals surface area contributed by atoms with Gasteiger partial charge in [0.15, 0.2) is 17.5 Å². The van der Waals surface area contributed by atoms with E-state index in [1.54, 1.807) is 5.32 Å². The molecule has 0 radical (unpaired) electrons. The number of allylic oxidation sites excluding steroid dienone is 1. The number of carbonyl (C=O) groups is 2. The third-order valence-electron chi connectivity index (χ3n) is 5.45. The minimum Gasteiger partial charge on any atom is -0.338 e. The highest BCUT2D eigenvalue weighted by molar-refractivity contribution is 5.99. The van der Waals surface area contributed by atoms with Crippen molar-refractivity contribution in [1.29, 1.82) is 0 Å². The Balaban J connectivity index is 1.95. The molecule has 2 atom stereocenters. The van der Waals surface area contributed by atoms with Gasteiger partial charge in [0, 0.05) is 5.56 Å². The van der Waals surface area contributed by atoms with Crippen LogP contribution in [0.15, 0.2) is 36.4 Å². The lowest BCUT2D eigenvalue weighted by molar-refractivity contribution is -0.214. The lowest BCUT2D eigenvalue weighted by Crippen LogP contribution is -2.44. The average Bonchev–Trinajstić information content (AvgIpc) is 3.16. The molecule has 0 spiro atoms. The van der Waals surface area contributed by atoms with E-state index in [0.717, 1.165) is 0 Å². The van der Waals surface area contributed by atoms with Gasteiger partial charge >= 0.3 is 18.5 Å².